The Balaban J connectivity index is 3.43. The Kier molecular flexibility index (Phi) is 6.30. The first-order chi connectivity index (χ1) is 5.27. The van der Waals surface area contributed by atoms with Gasteiger partial charge in [0.2, 0.25) is 0 Å². The van der Waals surface area contributed by atoms with Gasteiger partial charge in [0.05, 0.1) is 0 Å². The average molecular weight is 150 g/mol. The van der Waals surface area contributed by atoms with Crippen molar-refractivity contribution in [2.45, 2.75) is 19.8 Å². The summed E-state index contributed by atoms with van der Waals surface area (Å²) in [5, 5.41) is 0. The van der Waals surface area contributed by atoms with Crippen molar-refractivity contribution in [2.24, 2.45) is 0 Å². The van der Waals surface area contributed by atoms with Crippen molar-refractivity contribution in [1.82, 2.24) is 0 Å². The van der Waals surface area contributed by atoms with E-state index in [1.165, 1.54) is 6.92 Å². The maximum Gasteiger partial charge on any atom is 0.152 e. The molecule has 0 saturated heterocycles. The summed E-state index contributed by atoms with van der Waals surface area (Å²) in [6, 6.07) is 0. The second kappa shape index (κ2) is 7.00. The fraction of sp³-hybridized carbons (Fsp3) is 0.300. The van der Waals surface area contributed by atoms with Crippen LogP contribution in [0.2, 0.25) is 0 Å². The topological polar surface area (TPSA) is 17.1 Å². The second-order valence-corrected chi connectivity index (χ2v) is 2.26. The van der Waals surface area contributed by atoms with Crippen LogP contribution in [-0.4, -0.2) is 5.78 Å². The van der Waals surface area contributed by atoms with Gasteiger partial charge in [0.1, 0.15) is 0 Å². The Morgan fingerprint density at radius 1 is 1.36 bits per heavy atom. The fourth-order valence-corrected chi connectivity index (χ4v) is 0.580. The van der Waals surface area contributed by atoms with Crippen molar-refractivity contribution in [1.29, 1.82) is 0 Å². The summed E-state index contributed by atoms with van der Waals surface area (Å²) in [5.41, 5.74) is 0. The molecule has 11 heavy (non-hydrogen) atoms. The maximum atomic E-state index is 10.4. The maximum absolute atomic E-state index is 10.4. The first-order valence-corrected chi connectivity index (χ1v) is 3.72. The summed E-state index contributed by atoms with van der Waals surface area (Å²) in [4.78, 5) is 10.4. The highest BCUT2D eigenvalue weighted by Crippen LogP contribution is 1.91. The molecule has 0 spiro atoms. The third kappa shape index (κ3) is 8.89. The van der Waals surface area contributed by atoms with E-state index >= 15 is 0 Å². The molecule has 0 aromatic carbocycles. The lowest BCUT2D eigenvalue weighted by atomic mass is 10.3. The van der Waals surface area contributed by atoms with Crippen LogP contribution in [-0.2, 0) is 4.79 Å². The van der Waals surface area contributed by atoms with Crippen LogP contribution in [0.4, 0.5) is 0 Å². The average Bonchev–Trinajstić information content (AvgIpc) is 1.96. The number of carbonyl (C=O) groups is 1. The fourth-order valence-electron chi connectivity index (χ4n) is 0.580. The van der Waals surface area contributed by atoms with Gasteiger partial charge in [-0.2, -0.15) is 0 Å². The third-order valence-electron chi connectivity index (χ3n) is 1.12. The first-order valence-electron chi connectivity index (χ1n) is 3.72. The zero-order valence-electron chi connectivity index (χ0n) is 6.92. The molecule has 0 radical (unpaired) electrons. The predicted molar refractivity (Wildman–Crippen MR) is 48.4 cm³/mol. The minimum absolute atomic E-state index is 0.0818. The molecule has 0 aliphatic carbocycles. The second-order valence-electron chi connectivity index (χ2n) is 2.26. The molecule has 0 aliphatic heterocycles. The summed E-state index contributed by atoms with van der Waals surface area (Å²) in [7, 11) is 0. The largest absolute Gasteiger partial charge is 0.295 e. The van der Waals surface area contributed by atoms with Crippen molar-refractivity contribution in [3.05, 3.63) is 37.0 Å². The van der Waals surface area contributed by atoms with Gasteiger partial charge in [-0.05, 0) is 25.8 Å². The van der Waals surface area contributed by atoms with Crippen molar-refractivity contribution in [2.75, 3.05) is 0 Å². The van der Waals surface area contributed by atoms with E-state index in [2.05, 4.69) is 6.58 Å². The SMILES string of the molecule is C=CCC/C=C/C=C/C(C)=O. The number of unbranched alkanes of at least 4 members (excludes halogenated alkanes) is 1. The lowest BCUT2D eigenvalue weighted by Gasteiger charge is -1.81. The van der Waals surface area contributed by atoms with E-state index in [0.29, 0.717) is 0 Å². The number of rotatable bonds is 5. The van der Waals surface area contributed by atoms with E-state index in [-0.39, 0.29) is 5.78 Å². The molecule has 1 heteroatoms. The highest BCUT2D eigenvalue weighted by atomic mass is 16.1. The van der Waals surface area contributed by atoms with Crippen LogP contribution in [0.15, 0.2) is 37.0 Å². The zero-order valence-corrected chi connectivity index (χ0v) is 6.92. The smallest absolute Gasteiger partial charge is 0.152 e. The van der Waals surface area contributed by atoms with E-state index in [4.69, 9.17) is 0 Å². The summed E-state index contributed by atoms with van der Waals surface area (Å²) < 4.78 is 0. The Morgan fingerprint density at radius 2 is 2.09 bits per heavy atom. The quantitative estimate of drug-likeness (QED) is 0.255. The molecule has 0 fully saturated rings. The summed E-state index contributed by atoms with van der Waals surface area (Å²) in [6.07, 6.45) is 11.1. The van der Waals surface area contributed by atoms with Crippen LogP contribution < -0.4 is 0 Å². The molecule has 1 nitrogen and oxygen atoms in total. The van der Waals surface area contributed by atoms with Crippen molar-refractivity contribution in [3.8, 4) is 0 Å². The van der Waals surface area contributed by atoms with Crippen LogP contribution in [0.1, 0.15) is 19.8 Å². The molecule has 0 amide bonds. The molecule has 0 unspecified atom stereocenters. The van der Waals surface area contributed by atoms with Crippen LogP contribution in [0.25, 0.3) is 0 Å². The summed E-state index contributed by atoms with van der Waals surface area (Å²) >= 11 is 0. The van der Waals surface area contributed by atoms with Crippen LogP contribution in [0, 0.1) is 0 Å². The Bertz CT molecular complexity index is 175. The molecule has 0 N–H and O–H groups in total. The minimum Gasteiger partial charge on any atom is -0.295 e. The third-order valence-corrected chi connectivity index (χ3v) is 1.12. The number of hydrogen-bond donors (Lipinski definition) is 0. The molecule has 0 aromatic heterocycles. The van der Waals surface area contributed by atoms with Crippen molar-refractivity contribution in [3.63, 3.8) is 0 Å². The molecule has 0 atom stereocenters. The number of allylic oxidation sites excluding steroid dienone is 5. The van der Waals surface area contributed by atoms with Gasteiger partial charge in [0, 0.05) is 0 Å². The van der Waals surface area contributed by atoms with E-state index in [9.17, 15) is 4.79 Å². The minimum atomic E-state index is 0.0818. The van der Waals surface area contributed by atoms with Gasteiger partial charge in [-0.25, -0.2) is 0 Å². The number of hydrogen-bond acceptors (Lipinski definition) is 1. The van der Waals surface area contributed by atoms with Crippen molar-refractivity contribution >= 4 is 5.78 Å². The molecule has 0 aromatic rings. The lowest BCUT2D eigenvalue weighted by Crippen LogP contribution is -1.77. The highest BCUT2D eigenvalue weighted by molar-refractivity contribution is 5.87. The molecule has 0 heterocycles. The van der Waals surface area contributed by atoms with Gasteiger partial charge in [-0.3, -0.25) is 4.79 Å². The molecule has 0 aliphatic rings. The van der Waals surface area contributed by atoms with Gasteiger partial charge in [-0.15, -0.1) is 6.58 Å². The predicted octanol–water partition coefficient (Wildman–Crippen LogP) is 2.65. The van der Waals surface area contributed by atoms with Crippen LogP contribution >= 0.6 is 0 Å². The van der Waals surface area contributed by atoms with E-state index in [1.807, 2.05) is 18.2 Å². The van der Waals surface area contributed by atoms with Crippen LogP contribution in [0.3, 0.4) is 0 Å². The molecule has 0 saturated carbocycles. The summed E-state index contributed by atoms with van der Waals surface area (Å²) in [6.45, 7) is 5.14. The zero-order chi connectivity index (χ0) is 8.53. The van der Waals surface area contributed by atoms with E-state index < -0.39 is 0 Å². The van der Waals surface area contributed by atoms with Gasteiger partial charge < -0.3 is 0 Å². The van der Waals surface area contributed by atoms with E-state index in [1.54, 1.807) is 12.2 Å². The lowest BCUT2D eigenvalue weighted by molar-refractivity contribution is -0.112. The summed E-state index contributed by atoms with van der Waals surface area (Å²) in [5.74, 6) is 0.0818. The number of carbonyl (C=O) groups excluding carboxylic acids is 1. The van der Waals surface area contributed by atoms with Gasteiger partial charge in [0.25, 0.3) is 0 Å². The molecule has 60 valence electrons. The van der Waals surface area contributed by atoms with E-state index in [0.717, 1.165) is 12.8 Å². The number of ketones is 1. The standard InChI is InChI=1S/C10H14O/c1-3-4-5-6-7-8-9-10(2)11/h3,6-9H,1,4-5H2,2H3/b7-6+,9-8+. The van der Waals surface area contributed by atoms with Gasteiger partial charge >= 0.3 is 0 Å². The normalized spacial score (nSPS) is 11.0. The highest BCUT2D eigenvalue weighted by Gasteiger charge is 1.76. The Hall–Kier alpha value is -1.11. The molecular weight excluding hydrogens is 136 g/mol. The monoisotopic (exact) mass is 150 g/mol. The van der Waals surface area contributed by atoms with Crippen LogP contribution in [0.5, 0.6) is 0 Å². The molecule has 0 rings (SSSR count). The van der Waals surface area contributed by atoms with Crippen molar-refractivity contribution < 1.29 is 4.79 Å². The molecule has 0 bridgehead atoms. The van der Waals surface area contributed by atoms with Gasteiger partial charge in [-0.1, -0.05) is 24.3 Å². The first kappa shape index (κ1) is 9.89. The Labute approximate surface area is 68.1 Å². The molecular formula is C10H14O. The Morgan fingerprint density at radius 3 is 2.64 bits per heavy atom. The van der Waals surface area contributed by atoms with Gasteiger partial charge in [0.15, 0.2) is 5.78 Å².